The summed E-state index contributed by atoms with van der Waals surface area (Å²) in [5.41, 5.74) is 0.338. The van der Waals surface area contributed by atoms with E-state index < -0.39 is 11.6 Å². The molecule has 0 aliphatic carbocycles. The summed E-state index contributed by atoms with van der Waals surface area (Å²) in [6, 6.07) is 3.45. The zero-order valence-electron chi connectivity index (χ0n) is 9.59. The van der Waals surface area contributed by atoms with Gasteiger partial charge in [-0.2, -0.15) is 0 Å². The van der Waals surface area contributed by atoms with Gasteiger partial charge in [-0.05, 0) is 32.0 Å². The third-order valence-corrected chi connectivity index (χ3v) is 2.05. The summed E-state index contributed by atoms with van der Waals surface area (Å²) in [4.78, 5) is 0. The SMILES string of the molecule is CC(C)OCCNCc1cc(F)ccc1F. The molecule has 2 nitrogen and oxygen atoms in total. The zero-order valence-corrected chi connectivity index (χ0v) is 9.59. The van der Waals surface area contributed by atoms with Crippen LogP contribution in [-0.2, 0) is 11.3 Å². The predicted molar refractivity (Wildman–Crippen MR) is 59.2 cm³/mol. The van der Waals surface area contributed by atoms with Crippen LogP contribution in [0, 0.1) is 11.6 Å². The molecule has 90 valence electrons. The molecule has 0 bridgehead atoms. The minimum atomic E-state index is -0.420. The first kappa shape index (κ1) is 13.1. The van der Waals surface area contributed by atoms with Crippen molar-refractivity contribution in [2.45, 2.75) is 26.5 Å². The van der Waals surface area contributed by atoms with Gasteiger partial charge in [0.15, 0.2) is 0 Å². The molecular weight excluding hydrogens is 212 g/mol. The van der Waals surface area contributed by atoms with Crippen molar-refractivity contribution in [2.75, 3.05) is 13.2 Å². The Bertz CT molecular complexity index is 329. The molecule has 0 atom stereocenters. The largest absolute Gasteiger partial charge is 0.377 e. The quantitative estimate of drug-likeness (QED) is 0.757. The van der Waals surface area contributed by atoms with Gasteiger partial charge in [-0.15, -0.1) is 0 Å². The highest BCUT2D eigenvalue weighted by Gasteiger charge is 2.02. The van der Waals surface area contributed by atoms with E-state index in [9.17, 15) is 8.78 Å². The van der Waals surface area contributed by atoms with Crippen molar-refractivity contribution in [1.82, 2.24) is 5.32 Å². The number of ether oxygens (including phenoxy) is 1. The van der Waals surface area contributed by atoms with Crippen LogP contribution in [0.5, 0.6) is 0 Å². The van der Waals surface area contributed by atoms with Gasteiger partial charge >= 0.3 is 0 Å². The minimum absolute atomic E-state index is 0.188. The molecule has 0 unspecified atom stereocenters. The molecule has 1 rings (SSSR count). The van der Waals surface area contributed by atoms with Gasteiger partial charge < -0.3 is 10.1 Å². The Morgan fingerprint density at radius 2 is 2.06 bits per heavy atom. The van der Waals surface area contributed by atoms with E-state index in [2.05, 4.69) is 5.32 Å². The lowest BCUT2D eigenvalue weighted by Crippen LogP contribution is -2.21. The van der Waals surface area contributed by atoms with E-state index in [-0.39, 0.29) is 6.10 Å². The highest BCUT2D eigenvalue weighted by atomic mass is 19.1. The van der Waals surface area contributed by atoms with E-state index in [1.165, 1.54) is 6.07 Å². The molecule has 0 aromatic heterocycles. The van der Waals surface area contributed by atoms with Crippen molar-refractivity contribution >= 4 is 0 Å². The van der Waals surface area contributed by atoms with E-state index in [0.717, 1.165) is 12.1 Å². The lowest BCUT2D eigenvalue weighted by atomic mass is 10.2. The van der Waals surface area contributed by atoms with Gasteiger partial charge in [0.05, 0.1) is 12.7 Å². The minimum Gasteiger partial charge on any atom is -0.377 e. The molecule has 0 aliphatic heterocycles. The molecule has 0 saturated heterocycles. The fourth-order valence-electron chi connectivity index (χ4n) is 1.27. The number of hydrogen-bond acceptors (Lipinski definition) is 2. The van der Waals surface area contributed by atoms with Crippen LogP contribution in [0.25, 0.3) is 0 Å². The summed E-state index contributed by atoms with van der Waals surface area (Å²) in [6.45, 7) is 5.40. The Labute approximate surface area is 94.6 Å². The normalized spacial score (nSPS) is 11.1. The van der Waals surface area contributed by atoms with E-state index in [1.807, 2.05) is 13.8 Å². The second-order valence-electron chi connectivity index (χ2n) is 3.83. The highest BCUT2D eigenvalue weighted by Crippen LogP contribution is 2.08. The van der Waals surface area contributed by atoms with Crippen LogP contribution in [0.1, 0.15) is 19.4 Å². The second kappa shape index (κ2) is 6.55. The molecule has 0 saturated carbocycles. The summed E-state index contributed by atoms with van der Waals surface area (Å²) in [5, 5.41) is 2.99. The van der Waals surface area contributed by atoms with Crippen LogP contribution in [0.3, 0.4) is 0 Å². The van der Waals surface area contributed by atoms with Gasteiger partial charge in [-0.1, -0.05) is 0 Å². The summed E-state index contributed by atoms with van der Waals surface area (Å²) >= 11 is 0. The average molecular weight is 229 g/mol. The van der Waals surface area contributed by atoms with Gasteiger partial charge in [0, 0.05) is 18.7 Å². The molecule has 0 spiro atoms. The van der Waals surface area contributed by atoms with Crippen LogP contribution < -0.4 is 5.32 Å². The van der Waals surface area contributed by atoms with Crippen molar-refractivity contribution in [3.63, 3.8) is 0 Å². The molecule has 4 heteroatoms. The number of halogens is 2. The summed E-state index contributed by atoms with van der Waals surface area (Å²) < 4.78 is 31.3. The summed E-state index contributed by atoms with van der Waals surface area (Å²) in [6.07, 6.45) is 0.188. The number of nitrogens with one attached hydrogen (secondary N) is 1. The molecule has 1 aromatic rings. The fourth-order valence-corrected chi connectivity index (χ4v) is 1.27. The molecule has 1 aromatic carbocycles. The third-order valence-electron chi connectivity index (χ3n) is 2.05. The Morgan fingerprint density at radius 3 is 2.75 bits per heavy atom. The Kier molecular flexibility index (Phi) is 5.35. The lowest BCUT2D eigenvalue weighted by molar-refractivity contribution is 0.0806. The van der Waals surface area contributed by atoms with Gasteiger partial charge in [0.25, 0.3) is 0 Å². The highest BCUT2D eigenvalue weighted by molar-refractivity contribution is 5.18. The molecule has 0 aliphatic rings. The van der Waals surface area contributed by atoms with E-state index in [0.29, 0.717) is 25.3 Å². The van der Waals surface area contributed by atoms with Crippen LogP contribution >= 0.6 is 0 Å². The van der Waals surface area contributed by atoms with Gasteiger partial charge in [0.2, 0.25) is 0 Å². The zero-order chi connectivity index (χ0) is 12.0. The lowest BCUT2D eigenvalue weighted by Gasteiger charge is -2.09. The van der Waals surface area contributed by atoms with Crippen LogP contribution in [0.15, 0.2) is 18.2 Å². The standard InChI is InChI=1S/C12H17F2NO/c1-9(2)16-6-5-15-8-10-7-11(13)3-4-12(10)14/h3-4,7,9,15H,5-6,8H2,1-2H3. The van der Waals surface area contributed by atoms with Crippen molar-refractivity contribution in [2.24, 2.45) is 0 Å². The van der Waals surface area contributed by atoms with Crippen molar-refractivity contribution < 1.29 is 13.5 Å². The predicted octanol–water partition coefficient (Wildman–Crippen LogP) is 2.48. The molecule has 0 heterocycles. The van der Waals surface area contributed by atoms with Crippen LogP contribution in [0.4, 0.5) is 8.78 Å². The van der Waals surface area contributed by atoms with Crippen molar-refractivity contribution in [3.8, 4) is 0 Å². The van der Waals surface area contributed by atoms with Crippen LogP contribution in [-0.4, -0.2) is 19.3 Å². The van der Waals surface area contributed by atoms with E-state index in [1.54, 1.807) is 0 Å². The third kappa shape index (κ3) is 4.68. The summed E-state index contributed by atoms with van der Waals surface area (Å²) in [7, 11) is 0. The van der Waals surface area contributed by atoms with Crippen LogP contribution in [0.2, 0.25) is 0 Å². The monoisotopic (exact) mass is 229 g/mol. The Morgan fingerprint density at radius 1 is 1.31 bits per heavy atom. The molecule has 0 amide bonds. The van der Waals surface area contributed by atoms with Gasteiger partial charge in [-0.25, -0.2) is 8.78 Å². The first-order valence-corrected chi connectivity index (χ1v) is 5.36. The van der Waals surface area contributed by atoms with Crippen molar-refractivity contribution in [1.29, 1.82) is 0 Å². The maximum absolute atomic E-state index is 13.2. The molecular formula is C12H17F2NO. The van der Waals surface area contributed by atoms with Gasteiger partial charge in [-0.3, -0.25) is 0 Å². The number of benzene rings is 1. The smallest absolute Gasteiger partial charge is 0.127 e. The first-order valence-electron chi connectivity index (χ1n) is 5.36. The first-order chi connectivity index (χ1) is 7.59. The van der Waals surface area contributed by atoms with E-state index in [4.69, 9.17) is 4.74 Å². The van der Waals surface area contributed by atoms with Crippen molar-refractivity contribution in [3.05, 3.63) is 35.4 Å². The van der Waals surface area contributed by atoms with Gasteiger partial charge in [0.1, 0.15) is 11.6 Å². The topological polar surface area (TPSA) is 21.3 Å². The summed E-state index contributed by atoms with van der Waals surface area (Å²) in [5.74, 6) is -0.810. The number of hydrogen-bond donors (Lipinski definition) is 1. The Hall–Kier alpha value is -1.00. The molecule has 16 heavy (non-hydrogen) atoms. The average Bonchev–Trinajstić information content (AvgIpc) is 2.22. The maximum Gasteiger partial charge on any atom is 0.127 e. The fraction of sp³-hybridized carbons (Fsp3) is 0.500. The Balaban J connectivity index is 2.29. The molecule has 0 radical (unpaired) electrons. The molecule has 1 N–H and O–H groups in total. The number of rotatable bonds is 6. The maximum atomic E-state index is 13.2. The molecule has 0 fully saturated rings. The van der Waals surface area contributed by atoms with E-state index >= 15 is 0 Å². The second-order valence-corrected chi connectivity index (χ2v) is 3.83.